The molecular weight excluding hydrogens is 214 g/mol. The summed E-state index contributed by atoms with van der Waals surface area (Å²) >= 11 is 0. The Hall–Kier alpha value is -0.420. The zero-order valence-electron chi connectivity index (χ0n) is 9.32. The molecule has 0 saturated carbocycles. The Balaban J connectivity index is 2.46. The summed E-state index contributed by atoms with van der Waals surface area (Å²) in [6, 6.07) is 0. The van der Waals surface area contributed by atoms with Crippen molar-refractivity contribution in [2.75, 3.05) is 18.8 Å². The summed E-state index contributed by atoms with van der Waals surface area (Å²) in [5, 5.41) is 2.77. The average Bonchev–Trinajstić information content (AvgIpc) is 2.16. The maximum atomic E-state index is 11.5. The Morgan fingerprint density at radius 1 is 1.47 bits per heavy atom. The van der Waals surface area contributed by atoms with Crippen LogP contribution in [0.1, 0.15) is 26.7 Å². The van der Waals surface area contributed by atoms with Gasteiger partial charge in [-0.05, 0) is 20.3 Å². The number of nitrogens with one attached hydrogen (secondary N) is 1. The Labute approximate surface area is 91.4 Å². The number of rotatable bonds is 4. The molecule has 5 heteroatoms. The zero-order chi connectivity index (χ0) is 11.5. The number of sulfone groups is 1. The minimum atomic E-state index is -3.00. The number of hydrogen-bond donors (Lipinski definition) is 1. The van der Waals surface area contributed by atoms with E-state index in [9.17, 15) is 13.2 Å². The SMILES string of the molecule is CC(C)S(=O)(=O)CCC1CNCCC1=O. The summed E-state index contributed by atoms with van der Waals surface area (Å²) in [6.07, 6.45) is 0.999. The van der Waals surface area contributed by atoms with Crippen LogP contribution in [-0.4, -0.2) is 38.3 Å². The molecule has 0 aromatic heterocycles. The van der Waals surface area contributed by atoms with Crippen LogP contribution in [0.3, 0.4) is 0 Å². The lowest BCUT2D eigenvalue weighted by atomic mass is 9.96. The van der Waals surface area contributed by atoms with Gasteiger partial charge in [-0.3, -0.25) is 4.79 Å². The summed E-state index contributed by atoms with van der Waals surface area (Å²) in [6.45, 7) is 4.71. The van der Waals surface area contributed by atoms with Gasteiger partial charge in [0.25, 0.3) is 0 Å². The Bertz CT molecular complexity index is 322. The molecule has 0 bridgehead atoms. The monoisotopic (exact) mass is 233 g/mol. The predicted molar refractivity (Wildman–Crippen MR) is 59.5 cm³/mol. The molecule has 88 valence electrons. The second-order valence-electron chi connectivity index (χ2n) is 4.32. The van der Waals surface area contributed by atoms with Gasteiger partial charge in [0.05, 0.1) is 11.0 Å². The van der Waals surface area contributed by atoms with Gasteiger partial charge in [0, 0.05) is 25.4 Å². The summed E-state index contributed by atoms with van der Waals surface area (Å²) < 4.78 is 23.1. The second-order valence-corrected chi connectivity index (χ2v) is 7.00. The van der Waals surface area contributed by atoms with Crippen LogP contribution in [0.25, 0.3) is 0 Å². The molecule has 1 rings (SSSR count). The van der Waals surface area contributed by atoms with Crippen LogP contribution in [0, 0.1) is 5.92 Å². The molecule has 4 nitrogen and oxygen atoms in total. The summed E-state index contributed by atoms with van der Waals surface area (Å²) in [4.78, 5) is 11.4. The molecule has 15 heavy (non-hydrogen) atoms. The van der Waals surface area contributed by atoms with Gasteiger partial charge < -0.3 is 5.32 Å². The summed E-state index contributed by atoms with van der Waals surface area (Å²) in [7, 11) is -3.00. The largest absolute Gasteiger partial charge is 0.316 e. The molecule has 1 aliphatic heterocycles. The van der Waals surface area contributed by atoms with Crippen LogP contribution < -0.4 is 5.32 Å². The van der Waals surface area contributed by atoms with Crippen LogP contribution in [0.4, 0.5) is 0 Å². The van der Waals surface area contributed by atoms with E-state index in [-0.39, 0.29) is 22.7 Å². The molecule has 1 heterocycles. The Morgan fingerprint density at radius 3 is 2.67 bits per heavy atom. The fourth-order valence-electron chi connectivity index (χ4n) is 1.61. The summed E-state index contributed by atoms with van der Waals surface area (Å²) in [5.74, 6) is 0.225. The predicted octanol–water partition coefficient (Wildman–Crippen LogP) is 0.378. The van der Waals surface area contributed by atoms with E-state index in [0.29, 0.717) is 19.4 Å². The van der Waals surface area contributed by atoms with E-state index in [2.05, 4.69) is 5.32 Å². The van der Waals surface area contributed by atoms with Gasteiger partial charge in [-0.1, -0.05) is 0 Å². The number of carbonyl (C=O) groups excluding carboxylic acids is 1. The fourth-order valence-corrected chi connectivity index (χ4v) is 2.70. The highest BCUT2D eigenvalue weighted by Gasteiger charge is 2.25. The number of piperidine rings is 1. The lowest BCUT2D eigenvalue weighted by Gasteiger charge is -2.21. The van der Waals surface area contributed by atoms with Crippen molar-refractivity contribution in [3.05, 3.63) is 0 Å². The molecule has 1 fully saturated rings. The van der Waals surface area contributed by atoms with Crippen molar-refractivity contribution in [3.63, 3.8) is 0 Å². The first-order valence-electron chi connectivity index (χ1n) is 5.38. The number of ketones is 1. The summed E-state index contributed by atoms with van der Waals surface area (Å²) in [5.41, 5.74) is 0. The van der Waals surface area contributed by atoms with Crippen molar-refractivity contribution in [1.29, 1.82) is 0 Å². The zero-order valence-corrected chi connectivity index (χ0v) is 10.1. The quantitative estimate of drug-likeness (QED) is 0.762. The highest BCUT2D eigenvalue weighted by Crippen LogP contribution is 2.13. The first-order chi connectivity index (χ1) is 6.93. The van der Waals surface area contributed by atoms with Crippen molar-refractivity contribution in [1.82, 2.24) is 5.32 Å². The Kier molecular flexibility index (Phi) is 4.28. The van der Waals surface area contributed by atoms with E-state index in [1.807, 2.05) is 0 Å². The molecule has 0 aromatic carbocycles. The standard InChI is InChI=1S/C10H19NO3S/c1-8(2)15(13,14)6-4-9-7-11-5-3-10(9)12/h8-9,11H,3-7H2,1-2H3. The van der Waals surface area contributed by atoms with Gasteiger partial charge in [-0.2, -0.15) is 0 Å². The van der Waals surface area contributed by atoms with Crippen LogP contribution >= 0.6 is 0 Å². The van der Waals surface area contributed by atoms with Gasteiger partial charge >= 0.3 is 0 Å². The van der Waals surface area contributed by atoms with E-state index < -0.39 is 9.84 Å². The molecule has 1 N–H and O–H groups in total. The molecule has 1 unspecified atom stereocenters. The lowest BCUT2D eigenvalue weighted by Crippen LogP contribution is -2.38. The number of Topliss-reactive ketones (excluding diaryl/α,β-unsaturated/α-hetero) is 1. The second kappa shape index (κ2) is 5.07. The maximum Gasteiger partial charge on any atom is 0.152 e. The highest BCUT2D eigenvalue weighted by molar-refractivity contribution is 7.91. The normalized spacial score (nSPS) is 23.4. The van der Waals surface area contributed by atoms with Gasteiger partial charge in [0.15, 0.2) is 9.84 Å². The molecule has 1 saturated heterocycles. The lowest BCUT2D eigenvalue weighted by molar-refractivity contribution is -0.123. The minimum Gasteiger partial charge on any atom is -0.316 e. The molecule has 0 aliphatic carbocycles. The third kappa shape index (κ3) is 3.57. The highest BCUT2D eigenvalue weighted by atomic mass is 32.2. The maximum absolute atomic E-state index is 11.5. The van der Waals surface area contributed by atoms with Crippen molar-refractivity contribution in [2.45, 2.75) is 31.9 Å². The van der Waals surface area contributed by atoms with Crippen molar-refractivity contribution >= 4 is 15.6 Å². The van der Waals surface area contributed by atoms with Crippen LogP contribution in [-0.2, 0) is 14.6 Å². The fraction of sp³-hybridized carbons (Fsp3) is 0.900. The number of hydrogen-bond acceptors (Lipinski definition) is 4. The molecule has 0 radical (unpaired) electrons. The molecular formula is C10H19NO3S. The third-order valence-corrected chi connectivity index (χ3v) is 5.10. The molecule has 0 spiro atoms. The van der Waals surface area contributed by atoms with Crippen LogP contribution in [0.15, 0.2) is 0 Å². The number of carbonyl (C=O) groups is 1. The molecule has 0 aromatic rings. The van der Waals surface area contributed by atoms with E-state index in [1.165, 1.54) is 0 Å². The van der Waals surface area contributed by atoms with Crippen molar-refractivity contribution in [2.24, 2.45) is 5.92 Å². The van der Waals surface area contributed by atoms with E-state index in [1.54, 1.807) is 13.8 Å². The van der Waals surface area contributed by atoms with E-state index in [4.69, 9.17) is 0 Å². The van der Waals surface area contributed by atoms with Gasteiger partial charge in [0.2, 0.25) is 0 Å². The average molecular weight is 233 g/mol. The van der Waals surface area contributed by atoms with Gasteiger partial charge in [-0.25, -0.2) is 8.42 Å². The first-order valence-corrected chi connectivity index (χ1v) is 7.10. The third-order valence-electron chi connectivity index (χ3n) is 2.86. The van der Waals surface area contributed by atoms with E-state index >= 15 is 0 Å². The molecule has 1 atom stereocenters. The molecule has 1 aliphatic rings. The van der Waals surface area contributed by atoms with Crippen molar-refractivity contribution in [3.8, 4) is 0 Å². The van der Waals surface area contributed by atoms with E-state index in [0.717, 1.165) is 6.54 Å². The minimum absolute atomic E-state index is 0.104. The van der Waals surface area contributed by atoms with Crippen LogP contribution in [0.2, 0.25) is 0 Å². The van der Waals surface area contributed by atoms with Crippen LogP contribution in [0.5, 0.6) is 0 Å². The van der Waals surface area contributed by atoms with Crippen molar-refractivity contribution < 1.29 is 13.2 Å². The topological polar surface area (TPSA) is 63.2 Å². The smallest absolute Gasteiger partial charge is 0.152 e. The van der Waals surface area contributed by atoms with Gasteiger partial charge in [0.1, 0.15) is 5.78 Å². The molecule has 0 amide bonds. The van der Waals surface area contributed by atoms with Gasteiger partial charge in [-0.15, -0.1) is 0 Å². The first kappa shape index (κ1) is 12.6. The Morgan fingerprint density at radius 2 is 2.13 bits per heavy atom.